The summed E-state index contributed by atoms with van der Waals surface area (Å²) < 4.78 is 0. The van der Waals surface area contributed by atoms with Gasteiger partial charge in [-0.05, 0) is 40.5 Å². The van der Waals surface area contributed by atoms with Crippen molar-refractivity contribution in [1.29, 1.82) is 5.26 Å². The zero-order valence-corrected chi connectivity index (χ0v) is 13.3. The fraction of sp³-hybridized carbons (Fsp3) is 0.143. The van der Waals surface area contributed by atoms with Gasteiger partial charge in [0, 0.05) is 12.1 Å². The van der Waals surface area contributed by atoms with Crippen LogP contribution in [0.2, 0.25) is 0 Å². The second-order valence-corrected chi connectivity index (χ2v) is 5.72. The first-order chi connectivity index (χ1) is 11.8. The highest BCUT2D eigenvalue weighted by atomic mass is 16.1. The number of carbonyl (C=O) groups is 1. The van der Waals surface area contributed by atoms with E-state index in [1.807, 2.05) is 42.5 Å². The van der Waals surface area contributed by atoms with Gasteiger partial charge in [-0.15, -0.1) is 0 Å². The Hall–Kier alpha value is -3.12. The molecular formula is C21H18N2O. The van der Waals surface area contributed by atoms with E-state index in [9.17, 15) is 4.79 Å². The number of nitrogens with zero attached hydrogens (tertiary/aromatic N) is 1. The van der Waals surface area contributed by atoms with Gasteiger partial charge >= 0.3 is 0 Å². The number of nitriles is 1. The minimum absolute atomic E-state index is 0.00373. The lowest BCUT2D eigenvalue weighted by atomic mass is 10.0. The first-order valence-corrected chi connectivity index (χ1v) is 7.98. The summed E-state index contributed by atoms with van der Waals surface area (Å²) in [6, 6.07) is 23.9. The molecule has 3 aromatic rings. The molecule has 0 saturated carbocycles. The minimum atomic E-state index is -0.00373. The monoisotopic (exact) mass is 314 g/mol. The molecule has 0 fully saturated rings. The van der Waals surface area contributed by atoms with E-state index in [2.05, 4.69) is 35.7 Å². The van der Waals surface area contributed by atoms with Crippen LogP contribution < -0.4 is 5.32 Å². The average Bonchev–Trinajstić information content (AvgIpc) is 2.62. The molecule has 0 aliphatic carbocycles. The van der Waals surface area contributed by atoms with Crippen LogP contribution in [-0.4, -0.2) is 5.91 Å². The van der Waals surface area contributed by atoms with Crippen molar-refractivity contribution >= 4 is 22.4 Å². The Morgan fingerprint density at radius 2 is 1.71 bits per heavy atom. The number of nitrogens with one attached hydrogen (secondary N) is 1. The third-order valence-electron chi connectivity index (χ3n) is 4.02. The van der Waals surface area contributed by atoms with E-state index >= 15 is 0 Å². The summed E-state index contributed by atoms with van der Waals surface area (Å²) in [4.78, 5) is 12.2. The number of aryl methyl sites for hydroxylation is 1. The molecule has 0 heterocycles. The van der Waals surface area contributed by atoms with E-state index in [4.69, 9.17) is 5.26 Å². The van der Waals surface area contributed by atoms with Gasteiger partial charge in [-0.25, -0.2) is 0 Å². The number of hydrogen-bond donors (Lipinski definition) is 1. The molecular weight excluding hydrogens is 296 g/mol. The van der Waals surface area contributed by atoms with Gasteiger partial charge in [0.1, 0.15) is 0 Å². The van der Waals surface area contributed by atoms with E-state index in [1.165, 1.54) is 16.3 Å². The van der Waals surface area contributed by atoms with Crippen LogP contribution >= 0.6 is 0 Å². The molecule has 1 amide bonds. The van der Waals surface area contributed by atoms with Crippen LogP contribution in [0.4, 0.5) is 5.69 Å². The second-order valence-electron chi connectivity index (χ2n) is 5.72. The topological polar surface area (TPSA) is 52.9 Å². The highest BCUT2D eigenvalue weighted by Gasteiger charge is 2.06. The second kappa shape index (κ2) is 7.43. The Kier molecular flexibility index (Phi) is 4.88. The van der Waals surface area contributed by atoms with Gasteiger partial charge in [-0.3, -0.25) is 4.79 Å². The molecule has 0 aliphatic rings. The van der Waals surface area contributed by atoms with Crippen molar-refractivity contribution in [3.8, 4) is 6.07 Å². The smallest absolute Gasteiger partial charge is 0.224 e. The zero-order chi connectivity index (χ0) is 16.8. The maximum Gasteiger partial charge on any atom is 0.224 e. The Morgan fingerprint density at radius 3 is 2.50 bits per heavy atom. The lowest BCUT2D eigenvalue weighted by Crippen LogP contribution is -2.12. The molecule has 0 spiro atoms. The standard InChI is InChI=1S/C21H18N2O/c22-15-14-16-8-11-19(12-9-16)23-21(24)13-10-18-6-3-5-17-4-1-2-7-20(17)18/h1-9,11-12H,10,13-14H2,(H,23,24). The van der Waals surface area contributed by atoms with E-state index in [0.717, 1.165) is 11.3 Å². The molecule has 3 rings (SSSR count). The molecule has 0 aliphatic heterocycles. The molecule has 118 valence electrons. The summed E-state index contributed by atoms with van der Waals surface area (Å²) in [7, 11) is 0. The molecule has 0 saturated heterocycles. The average molecular weight is 314 g/mol. The summed E-state index contributed by atoms with van der Waals surface area (Å²) >= 11 is 0. The van der Waals surface area contributed by atoms with Gasteiger partial charge in [0.05, 0.1) is 12.5 Å². The maximum absolute atomic E-state index is 12.2. The molecule has 3 heteroatoms. The molecule has 3 nitrogen and oxygen atoms in total. The van der Waals surface area contributed by atoms with Crippen LogP contribution in [0.3, 0.4) is 0 Å². The number of carbonyl (C=O) groups excluding carboxylic acids is 1. The number of fused-ring (bicyclic) bond motifs is 1. The van der Waals surface area contributed by atoms with Gasteiger partial charge in [-0.1, -0.05) is 54.6 Å². The van der Waals surface area contributed by atoms with Crippen molar-refractivity contribution < 1.29 is 4.79 Å². The fourth-order valence-corrected chi connectivity index (χ4v) is 2.78. The maximum atomic E-state index is 12.2. The molecule has 0 atom stereocenters. The summed E-state index contributed by atoms with van der Waals surface area (Å²) in [6.07, 6.45) is 1.53. The normalized spacial score (nSPS) is 10.3. The molecule has 3 aromatic carbocycles. The Morgan fingerprint density at radius 1 is 0.958 bits per heavy atom. The number of amides is 1. The lowest BCUT2D eigenvalue weighted by molar-refractivity contribution is -0.116. The number of anilines is 1. The highest BCUT2D eigenvalue weighted by Crippen LogP contribution is 2.20. The third-order valence-corrected chi connectivity index (χ3v) is 4.02. The van der Waals surface area contributed by atoms with Crippen LogP contribution in [0.15, 0.2) is 66.7 Å². The van der Waals surface area contributed by atoms with Gasteiger partial charge in [0.25, 0.3) is 0 Å². The predicted molar refractivity (Wildman–Crippen MR) is 96.7 cm³/mol. The van der Waals surface area contributed by atoms with Crippen molar-refractivity contribution in [3.05, 3.63) is 77.9 Å². The third kappa shape index (κ3) is 3.80. The minimum Gasteiger partial charge on any atom is -0.326 e. The largest absolute Gasteiger partial charge is 0.326 e. The van der Waals surface area contributed by atoms with Crippen LogP contribution in [0.1, 0.15) is 17.5 Å². The van der Waals surface area contributed by atoms with Gasteiger partial charge in [-0.2, -0.15) is 5.26 Å². The highest BCUT2D eigenvalue weighted by molar-refractivity contribution is 5.91. The van der Waals surface area contributed by atoms with E-state index in [1.54, 1.807) is 0 Å². The molecule has 0 radical (unpaired) electrons. The van der Waals surface area contributed by atoms with Gasteiger partial charge < -0.3 is 5.32 Å². The van der Waals surface area contributed by atoms with Crippen LogP contribution in [0.25, 0.3) is 10.8 Å². The first-order valence-electron chi connectivity index (χ1n) is 7.98. The Labute approximate surface area is 141 Å². The SMILES string of the molecule is N#CCc1ccc(NC(=O)CCc2cccc3ccccc23)cc1. The molecule has 0 unspecified atom stereocenters. The van der Waals surface area contributed by atoms with Crippen molar-refractivity contribution in [2.24, 2.45) is 0 Å². The molecule has 0 bridgehead atoms. The first kappa shape index (κ1) is 15.8. The van der Waals surface area contributed by atoms with E-state index in [-0.39, 0.29) is 5.91 Å². The van der Waals surface area contributed by atoms with Crippen molar-refractivity contribution in [2.75, 3.05) is 5.32 Å². The van der Waals surface area contributed by atoms with Crippen LogP contribution in [0, 0.1) is 11.3 Å². The predicted octanol–water partition coefficient (Wildman–Crippen LogP) is 4.48. The number of rotatable bonds is 5. The quantitative estimate of drug-likeness (QED) is 0.755. The molecule has 0 aromatic heterocycles. The lowest BCUT2D eigenvalue weighted by Gasteiger charge is -2.08. The summed E-state index contributed by atoms with van der Waals surface area (Å²) in [5.74, 6) is -0.00373. The van der Waals surface area contributed by atoms with Crippen molar-refractivity contribution in [3.63, 3.8) is 0 Å². The van der Waals surface area contributed by atoms with Crippen molar-refractivity contribution in [1.82, 2.24) is 0 Å². The molecule has 1 N–H and O–H groups in total. The molecule has 24 heavy (non-hydrogen) atoms. The van der Waals surface area contributed by atoms with E-state index < -0.39 is 0 Å². The number of benzene rings is 3. The summed E-state index contributed by atoms with van der Waals surface area (Å²) in [5, 5.41) is 14.0. The Balaban J connectivity index is 1.62. The van der Waals surface area contributed by atoms with Crippen LogP contribution in [0.5, 0.6) is 0 Å². The summed E-state index contributed by atoms with van der Waals surface area (Å²) in [5.41, 5.74) is 2.90. The van der Waals surface area contributed by atoms with Gasteiger partial charge in [0.15, 0.2) is 0 Å². The fourth-order valence-electron chi connectivity index (χ4n) is 2.78. The van der Waals surface area contributed by atoms with E-state index in [0.29, 0.717) is 19.3 Å². The van der Waals surface area contributed by atoms with Crippen LogP contribution in [-0.2, 0) is 17.6 Å². The van der Waals surface area contributed by atoms with Gasteiger partial charge in [0.2, 0.25) is 5.91 Å². The zero-order valence-electron chi connectivity index (χ0n) is 13.3. The number of hydrogen-bond acceptors (Lipinski definition) is 2. The Bertz CT molecular complexity index is 886. The van der Waals surface area contributed by atoms with Crippen molar-refractivity contribution in [2.45, 2.75) is 19.3 Å². The summed E-state index contributed by atoms with van der Waals surface area (Å²) in [6.45, 7) is 0.